The Kier molecular flexibility index (Phi) is 10.1. The molecule has 0 aliphatic rings. The fourth-order valence-corrected chi connectivity index (χ4v) is 1.97. The summed E-state index contributed by atoms with van der Waals surface area (Å²) in [4.78, 5) is 11.7. The summed E-state index contributed by atoms with van der Waals surface area (Å²) in [6.07, 6.45) is 1.37. The van der Waals surface area contributed by atoms with Gasteiger partial charge in [0.15, 0.2) is 0 Å². The van der Waals surface area contributed by atoms with E-state index in [2.05, 4.69) is 17.6 Å². The molecule has 0 fully saturated rings. The first-order valence-electron chi connectivity index (χ1n) is 6.04. The lowest BCUT2D eigenvalue weighted by Gasteiger charge is -2.07. The van der Waals surface area contributed by atoms with Gasteiger partial charge in [-0.2, -0.15) is 0 Å². The fourth-order valence-electron chi connectivity index (χ4n) is 1.49. The monoisotopic (exact) mass is 324 g/mol. The van der Waals surface area contributed by atoms with E-state index in [4.69, 9.17) is 23.2 Å². The van der Waals surface area contributed by atoms with Crippen LogP contribution in [0.1, 0.15) is 18.9 Å². The van der Waals surface area contributed by atoms with Gasteiger partial charge in [0.25, 0.3) is 0 Å². The average Bonchev–Trinajstić information content (AvgIpc) is 2.32. The molecule has 1 amide bonds. The Labute approximate surface area is 130 Å². The SMILES string of the molecule is CCCNCCNC(=O)Cc1ccc(Cl)cc1Cl.Cl. The zero-order valence-corrected chi connectivity index (χ0v) is 13.2. The van der Waals surface area contributed by atoms with Crippen LogP contribution in [0.2, 0.25) is 10.0 Å². The zero-order valence-electron chi connectivity index (χ0n) is 10.8. The van der Waals surface area contributed by atoms with Crippen molar-refractivity contribution in [1.29, 1.82) is 0 Å². The van der Waals surface area contributed by atoms with E-state index >= 15 is 0 Å². The van der Waals surface area contributed by atoms with E-state index in [0.717, 1.165) is 25.1 Å². The van der Waals surface area contributed by atoms with Crippen molar-refractivity contribution in [2.75, 3.05) is 19.6 Å². The van der Waals surface area contributed by atoms with Gasteiger partial charge in [0.2, 0.25) is 5.91 Å². The summed E-state index contributed by atoms with van der Waals surface area (Å²) in [5.74, 6) is -0.0301. The molecule has 2 N–H and O–H groups in total. The Balaban J connectivity index is 0.00000324. The molecule has 1 rings (SSSR count). The molecule has 0 aliphatic carbocycles. The van der Waals surface area contributed by atoms with Gasteiger partial charge in [-0.15, -0.1) is 12.4 Å². The fraction of sp³-hybridized carbons (Fsp3) is 0.462. The molecule has 0 bridgehead atoms. The summed E-state index contributed by atoms with van der Waals surface area (Å²) < 4.78 is 0. The van der Waals surface area contributed by atoms with Gasteiger partial charge in [-0.3, -0.25) is 4.79 Å². The summed E-state index contributed by atoms with van der Waals surface area (Å²) in [5.41, 5.74) is 0.792. The number of rotatable bonds is 7. The Morgan fingerprint density at radius 2 is 1.95 bits per heavy atom. The van der Waals surface area contributed by atoms with Gasteiger partial charge < -0.3 is 10.6 Å². The molecule has 0 saturated heterocycles. The lowest BCUT2D eigenvalue weighted by Crippen LogP contribution is -2.33. The third-order valence-corrected chi connectivity index (χ3v) is 3.00. The van der Waals surface area contributed by atoms with Crippen LogP contribution in [0.3, 0.4) is 0 Å². The summed E-state index contributed by atoms with van der Waals surface area (Å²) >= 11 is 11.8. The number of nitrogens with one attached hydrogen (secondary N) is 2. The third kappa shape index (κ3) is 7.63. The normalized spacial score (nSPS) is 9.84. The molecular weight excluding hydrogens is 307 g/mol. The van der Waals surface area contributed by atoms with Crippen molar-refractivity contribution in [3.63, 3.8) is 0 Å². The van der Waals surface area contributed by atoms with Crippen LogP contribution in [0.15, 0.2) is 18.2 Å². The lowest BCUT2D eigenvalue weighted by atomic mass is 10.1. The smallest absolute Gasteiger partial charge is 0.224 e. The first-order chi connectivity index (χ1) is 8.63. The van der Waals surface area contributed by atoms with Crippen molar-refractivity contribution in [3.05, 3.63) is 33.8 Å². The van der Waals surface area contributed by atoms with Crippen molar-refractivity contribution >= 4 is 41.5 Å². The van der Waals surface area contributed by atoms with Crippen LogP contribution < -0.4 is 10.6 Å². The second-order valence-corrected chi connectivity index (χ2v) is 4.86. The second-order valence-electron chi connectivity index (χ2n) is 4.01. The lowest BCUT2D eigenvalue weighted by molar-refractivity contribution is -0.120. The standard InChI is InChI=1S/C13H18Cl2N2O.ClH/c1-2-5-16-6-7-17-13(18)8-10-3-4-11(14)9-12(10)15;/h3-4,9,16H,2,5-8H2,1H3,(H,17,18);1H. The molecule has 6 heteroatoms. The van der Waals surface area contributed by atoms with E-state index in [1.807, 2.05) is 0 Å². The van der Waals surface area contributed by atoms with Crippen molar-refractivity contribution in [1.82, 2.24) is 10.6 Å². The van der Waals surface area contributed by atoms with E-state index in [9.17, 15) is 4.79 Å². The van der Waals surface area contributed by atoms with Crippen molar-refractivity contribution in [2.24, 2.45) is 0 Å². The van der Waals surface area contributed by atoms with Gasteiger partial charge in [0, 0.05) is 23.1 Å². The first kappa shape index (κ1) is 18.5. The largest absolute Gasteiger partial charge is 0.355 e. The number of carbonyl (C=O) groups excluding carboxylic acids is 1. The predicted molar refractivity (Wildman–Crippen MR) is 83.6 cm³/mol. The summed E-state index contributed by atoms with van der Waals surface area (Å²) in [5, 5.41) is 7.16. The molecule has 108 valence electrons. The van der Waals surface area contributed by atoms with Crippen molar-refractivity contribution in [3.8, 4) is 0 Å². The Hall–Kier alpha value is -0.480. The highest BCUT2D eigenvalue weighted by Gasteiger charge is 2.06. The Bertz CT molecular complexity index is 399. The third-order valence-electron chi connectivity index (χ3n) is 2.42. The summed E-state index contributed by atoms with van der Waals surface area (Å²) in [7, 11) is 0. The number of benzene rings is 1. The topological polar surface area (TPSA) is 41.1 Å². The van der Waals surface area contributed by atoms with Crippen LogP contribution in [0.4, 0.5) is 0 Å². The highest BCUT2D eigenvalue weighted by molar-refractivity contribution is 6.35. The molecular formula is C13H19Cl3N2O. The van der Waals surface area contributed by atoms with Gasteiger partial charge >= 0.3 is 0 Å². The van der Waals surface area contributed by atoms with Crippen LogP contribution in [-0.2, 0) is 11.2 Å². The van der Waals surface area contributed by atoms with Gasteiger partial charge in [-0.05, 0) is 30.7 Å². The second kappa shape index (κ2) is 10.3. The quantitative estimate of drug-likeness (QED) is 0.757. The minimum Gasteiger partial charge on any atom is -0.355 e. The molecule has 1 aromatic rings. The maximum absolute atomic E-state index is 11.7. The van der Waals surface area contributed by atoms with Crippen molar-refractivity contribution in [2.45, 2.75) is 19.8 Å². The van der Waals surface area contributed by atoms with E-state index < -0.39 is 0 Å². The molecule has 19 heavy (non-hydrogen) atoms. The highest BCUT2D eigenvalue weighted by atomic mass is 35.5. The van der Waals surface area contributed by atoms with Crippen LogP contribution in [0.25, 0.3) is 0 Å². The van der Waals surface area contributed by atoms with Crippen molar-refractivity contribution < 1.29 is 4.79 Å². The minimum atomic E-state index is -0.0301. The van der Waals surface area contributed by atoms with Gasteiger partial charge in [-0.1, -0.05) is 36.2 Å². The molecule has 0 unspecified atom stereocenters. The Morgan fingerprint density at radius 1 is 1.21 bits per heavy atom. The minimum absolute atomic E-state index is 0. The highest BCUT2D eigenvalue weighted by Crippen LogP contribution is 2.21. The molecule has 0 heterocycles. The Morgan fingerprint density at radius 3 is 2.58 bits per heavy atom. The molecule has 0 aliphatic heterocycles. The zero-order chi connectivity index (χ0) is 13.4. The van der Waals surface area contributed by atoms with E-state index in [1.165, 1.54) is 0 Å². The van der Waals surface area contributed by atoms with Gasteiger partial charge in [0.1, 0.15) is 0 Å². The average molecular weight is 326 g/mol. The van der Waals surface area contributed by atoms with Gasteiger partial charge in [0.05, 0.1) is 6.42 Å². The van der Waals surface area contributed by atoms with Gasteiger partial charge in [-0.25, -0.2) is 0 Å². The van der Waals surface area contributed by atoms with Crippen LogP contribution >= 0.6 is 35.6 Å². The molecule has 1 aromatic carbocycles. The number of hydrogen-bond acceptors (Lipinski definition) is 2. The first-order valence-corrected chi connectivity index (χ1v) is 6.80. The van der Waals surface area contributed by atoms with E-state index in [1.54, 1.807) is 18.2 Å². The summed E-state index contributed by atoms with van der Waals surface area (Å²) in [6, 6.07) is 5.16. The molecule has 0 spiro atoms. The predicted octanol–water partition coefficient (Wildman–Crippen LogP) is 3.07. The van der Waals surface area contributed by atoms with E-state index in [-0.39, 0.29) is 24.7 Å². The number of halogens is 3. The van der Waals surface area contributed by atoms with E-state index in [0.29, 0.717) is 16.6 Å². The molecule has 0 aromatic heterocycles. The molecule has 3 nitrogen and oxygen atoms in total. The molecule has 0 atom stereocenters. The number of hydrogen-bond donors (Lipinski definition) is 2. The van der Waals surface area contributed by atoms with Crippen LogP contribution in [0.5, 0.6) is 0 Å². The van der Waals surface area contributed by atoms with Crippen LogP contribution in [0, 0.1) is 0 Å². The number of amides is 1. The maximum atomic E-state index is 11.7. The maximum Gasteiger partial charge on any atom is 0.224 e. The molecule has 0 saturated carbocycles. The summed E-state index contributed by atoms with van der Waals surface area (Å²) in [6.45, 7) is 4.49. The van der Waals surface area contributed by atoms with Crippen LogP contribution in [-0.4, -0.2) is 25.5 Å². The number of carbonyl (C=O) groups is 1. The molecule has 0 radical (unpaired) electrons.